The first-order valence-electron chi connectivity index (χ1n) is 8.25. The van der Waals surface area contributed by atoms with Crippen LogP contribution in [0.4, 0.5) is 0 Å². The van der Waals surface area contributed by atoms with Gasteiger partial charge in [-0.3, -0.25) is 4.79 Å². The third kappa shape index (κ3) is 5.12. The van der Waals surface area contributed by atoms with Gasteiger partial charge in [0.05, 0.1) is 5.75 Å². The van der Waals surface area contributed by atoms with Crippen molar-refractivity contribution in [1.82, 2.24) is 15.1 Å². The Morgan fingerprint density at radius 1 is 1.36 bits per heavy atom. The maximum atomic E-state index is 12.3. The first-order chi connectivity index (χ1) is 12.1. The fourth-order valence-corrected chi connectivity index (χ4v) is 3.50. The van der Waals surface area contributed by atoms with E-state index in [0.29, 0.717) is 33.7 Å². The molecule has 1 fully saturated rings. The fourth-order valence-electron chi connectivity index (χ4n) is 2.71. The number of carbonyl (C=O) groups excluding carboxylic acids is 1. The second-order valence-electron chi connectivity index (χ2n) is 5.92. The summed E-state index contributed by atoms with van der Waals surface area (Å²) in [4.78, 5) is 14.2. The molecule has 1 aromatic heterocycles. The lowest BCUT2D eigenvalue weighted by molar-refractivity contribution is -0.131. The lowest BCUT2D eigenvalue weighted by atomic mass is 10.0. The molecule has 0 unspecified atom stereocenters. The van der Waals surface area contributed by atoms with Crippen molar-refractivity contribution in [1.29, 1.82) is 0 Å². The van der Waals surface area contributed by atoms with Gasteiger partial charge in [-0.05, 0) is 50.5 Å². The van der Waals surface area contributed by atoms with Gasteiger partial charge in [0.2, 0.25) is 5.91 Å². The van der Waals surface area contributed by atoms with Crippen LogP contribution in [0.25, 0.3) is 0 Å². The number of nitrogens with zero attached hydrogens (tertiary/aromatic N) is 3. The smallest absolute Gasteiger partial charge is 0.277 e. The molecule has 8 heteroatoms. The quantitative estimate of drug-likeness (QED) is 0.709. The molecule has 1 saturated heterocycles. The van der Waals surface area contributed by atoms with Gasteiger partial charge in [-0.1, -0.05) is 23.4 Å². The van der Waals surface area contributed by atoms with Crippen LogP contribution in [0.15, 0.2) is 33.9 Å². The largest absolute Gasteiger partial charge is 0.484 e. The summed E-state index contributed by atoms with van der Waals surface area (Å²) in [5.41, 5.74) is 0. The Bertz CT molecular complexity index is 707. The zero-order valence-electron chi connectivity index (χ0n) is 14.0. The van der Waals surface area contributed by atoms with Crippen molar-refractivity contribution in [2.45, 2.75) is 44.1 Å². The van der Waals surface area contributed by atoms with Crippen molar-refractivity contribution in [3.63, 3.8) is 0 Å². The van der Waals surface area contributed by atoms with E-state index in [4.69, 9.17) is 20.8 Å². The van der Waals surface area contributed by atoms with Crippen LogP contribution in [0.2, 0.25) is 5.02 Å². The van der Waals surface area contributed by atoms with Gasteiger partial charge in [-0.2, -0.15) is 0 Å². The lowest BCUT2D eigenvalue weighted by Crippen LogP contribution is -2.42. The summed E-state index contributed by atoms with van der Waals surface area (Å²) in [6.07, 6.45) is 3.34. The highest BCUT2D eigenvalue weighted by Crippen LogP contribution is 2.22. The lowest BCUT2D eigenvalue weighted by Gasteiger charge is -2.33. The molecule has 1 aliphatic heterocycles. The molecule has 0 N–H and O–H groups in total. The van der Waals surface area contributed by atoms with Gasteiger partial charge in [0.25, 0.3) is 11.1 Å². The Morgan fingerprint density at radius 3 is 2.92 bits per heavy atom. The predicted molar refractivity (Wildman–Crippen MR) is 95.8 cm³/mol. The number of hydrogen-bond acceptors (Lipinski definition) is 6. The van der Waals surface area contributed by atoms with Crippen LogP contribution in [0.3, 0.4) is 0 Å². The molecule has 2 aromatic rings. The van der Waals surface area contributed by atoms with Crippen LogP contribution in [-0.2, 0) is 11.4 Å². The molecule has 1 atom stereocenters. The Hall–Kier alpha value is -1.73. The molecule has 2 heterocycles. The van der Waals surface area contributed by atoms with Crippen LogP contribution in [0.5, 0.6) is 5.75 Å². The average Bonchev–Trinajstić information content (AvgIpc) is 3.07. The van der Waals surface area contributed by atoms with Gasteiger partial charge in [-0.25, -0.2) is 0 Å². The van der Waals surface area contributed by atoms with Gasteiger partial charge >= 0.3 is 0 Å². The zero-order valence-corrected chi connectivity index (χ0v) is 15.6. The number of rotatable bonds is 6. The molecule has 0 aliphatic carbocycles. The SMILES string of the molecule is C[C@@H]1CCCCN1C(=O)CSc1nnc(COc2ccc(Cl)cc2)o1. The van der Waals surface area contributed by atoms with Crippen molar-refractivity contribution in [2.24, 2.45) is 0 Å². The summed E-state index contributed by atoms with van der Waals surface area (Å²) in [6, 6.07) is 7.35. The summed E-state index contributed by atoms with van der Waals surface area (Å²) in [5, 5.41) is 8.93. The fraction of sp³-hybridized carbons (Fsp3) is 0.471. The van der Waals surface area contributed by atoms with Crippen molar-refractivity contribution < 1.29 is 13.9 Å². The minimum absolute atomic E-state index is 0.120. The van der Waals surface area contributed by atoms with E-state index in [1.54, 1.807) is 24.3 Å². The number of ether oxygens (including phenoxy) is 1. The monoisotopic (exact) mass is 381 g/mol. The number of benzene rings is 1. The van der Waals surface area contributed by atoms with E-state index in [0.717, 1.165) is 19.4 Å². The van der Waals surface area contributed by atoms with E-state index in [2.05, 4.69) is 17.1 Å². The molecule has 0 radical (unpaired) electrons. The first kappa shape index (κ1) is 18.1. The summed E-state index contributed by atoms with van der Waals surface area (Å²) in [6.45, 7) is 3.11. The third-order valence-corrected chi connectivity index (χ3v) is 5.12. The summed E-state index contributed by atoms with van der Waals surface area (Å²) >= 11 is 7.09. The molecule has 25 heavy (non-hydrogen) atoms. The van der Waals surface area contributed by atoms with Gasteiger partial charge < -0.3 is 14.1 Å². The number of hydrogen-bond donors (Lipinski definition) is 0. The summed E-state index contributed by atoms with van der Waals surface area (Å²) in [5.74, 6) is 1.47. The Balaban J connectivity index is 1.46. The highest BCUT2D eigenvalue weighted by molar-refractivity contribution is 7.99. The van der Waals surface area contributed by atoms with Crippen LogP contribution < -0.4 is 4.74 Å². The zero-order chi connectivity index (χ0) is 17.6. The topological polar surface area (TPSA) is 68.5 Å². The second-order valence-corrected chi connectivity index (χ2v) is 7.29. The number of likely N-dealkylation sites (tertiary alicyclic amines) is 1. The van der Waals surface area contributed by atoms with E-state index < -0.39 is 0 Å². The molecule has 0 bridgehead atoms. The molecular weight excluding hydrogens is 362 g/mol. The highest BCUT2D eigenvalue weighted by atomic mass is 35.5. The number of carbonyl (C=O) groups is 1. The molecule has 3 rings (SSSR count). The van der Waals surface area contributed by atoms with Crippen molar-refractivity contribution >= 4 is 29.3 Å². The highest BCUT2D eigenvalue weighted by Gasteiger charge is 2.23. The summed E-state index contributed by atoms with van der Waals surface area (Å²) < 4.78 is 11.1. The van der Waals surface area contributed by atoms with E-state index in [1.165, 1.54) is 18.2 Å². The van der Waals surface area contributed by atoms with E-state index in [-0.39, 0.29) is 12.5 Å². The van der Waals surface area contributed by atoms with Gasteiger partial charge in [0.15, 0.2) is 6.61 Å². The number of amides is 1. The predicted octanol–water partition coefficient (Wildman–Crippen LogP) is 3.80. The maximum Gasteiger partial charge on any atom is 0.277 e. The average molecular weight is 382 g/mol. The van der Waals surface area contributed by atoms with E-state index >= 15 is 0 Å². The van der Waals surface area contributed by atoms with Gasteiger partial charge in [-0.15, -0.1) is 10.2 Å². The third-order valence-electron chi connectivity index (χ3n) is 4.07. The second kappa shape index (κ2) is 8.58. The molecule has 6 nitrogen and oxygen atoms in total. The first-order valence-corrected chi connectivity index (χ1v) is 9.61. The Labute approximate surface area is 155 Å². The normalized spacial score (nSPS) is 17.5. The van der Waals surface area contributed by atoms with E-state index in [9.17, 15) is 4.79 Å². The Kier molecular flexibility index (Phi) is 6.20. The van der Waals surface area contributed by atoms with Gasteiger partial charge in [0.1, 0.15) is 5.75 Å². The molecule has 1 aromatic carbocycles. The Morgan fingerprint density at radius 2 is 2.16 bits per heavy atom. The molecule has 0 spiro atoms. The van der Waals surface area contributed by atoms with Crippen LogP contribution in [-0.4, -0.2) is 39.3 Å². The number of halogens is 1. The molecule has 1 amide bonds. The maximum absolute atomic E-state index is 12.3. The van der Waals surface area contributed by atoms with Crippen LogP contribution >= 0.6 is 23.4 Å². The number of aromatic nitrogens is 2. The van der Waals surface area contributed by atoms with E-state index in [1.807, 2.05) is 4.90 Å². The molecule has 0 saturated carbocycles. The number of piperidine rings is 1. The minimum atomic E-state index is 0.120. The standard InChI is InChI=1S/C17H20ClN3O3S/c1-12-4-2-3-9-21(12)16(22)11-25-17-20-19-15(24-17)10-23-14-7-5-13(18)6-8-14/h5-8,12H,2-4,9-11H2,1H3/t12-/m1/s1. The summed E-state index contributed by atoms with van der Waals surface area (Å²) in [7, 11) is 0. The molecule has 1 aliphatic rings. The van der Waals surface area contributed by atoms with Crippen LogP contribution in [0.1, 0.15) is 32.1 Å². The van der Waals surface area contributed by atoms with Crippen molar-refractivity contribution in [2.75, 3.05) is 12.3 Å². The molecule has 134 valence electrons. The van der Waals surface area contributed by atoms with Crippen molar-refractivity contribution in [3.8, 4) is 5.75 Å². The molecular formula is C17H20ClN3O3S. The van der Waals surface area contributed by atoms with Crippen LogP contribution in [0, 0.1) is 0 Å². The van der Waals surface area contributed by atoms with Crippen molar-refractivity contribution in [3.05, 3.63) is 35.2 Å². The number of thioether (sulfide) groups is 1. The van der Waals surface area contributed by atoms with Gasteiger partial charge in [0, 0.05) is 17.6 Å². The minimum Gasteiger partial charge on any atom is -0.484 e.